The van der Waals surface area contributed by atoms with Crippen molar-refractivity contribution in [3.8, 4) is 11.5 Å². The van der Waals surface area contributed by atoms with Gasteiger partial charge in [-0.05, 0) is 30.7 Å². The fourth-order valence-corrected chi connectivity index (χ4v) is 2.95. The van der Waals surface area contributed by atoms with Crippen molar-refractivity contribution in [2.24, 2.45) is 0 Å². The smallest absolute Gasteiger partial charge is 0.160 e. The number of aliphatic hydroxyl groups excluding tert-OH is 1. The summed E-state index contributed by atoms with van der Waals surface area (Å²) < 4.78 is 5.16. The van der Waals surface area contributed by atoms with E-state index >= 15 is 0 Å². The number of ether oxygens (including phenoxy) is 1. The van der Waals surface area contributed by atoms with Crippen molar-refractivity contribution in [3.63, 3.8) is 0 Å². The molecule has 0 radical (unpaired) electrons. The SMILES string of the molecule is CCCN1CCN(C(CO)c2ccc(O)c(OC)c2)CC1. The molecule has 1 aliphatic rings. The summed E-state index contributed by atoms with van der Waals surface area (Å²) in [6.07, 6.45) is 1.18. The van der Waals surface area contributed by atoms with Crippen molar-refractivity contribution in [1.82, 2.24) is 9.80 Å². The van der Waals surface area contributed by atoms with Crippen LogP contribution in [0.2, 0.25) is 0 Å². The summed E-state index contributed by atoms with van der Waals surface area (Å²) in [6, 6.07) is 5.26. The predicted octanol–water partition coefficient (Wildman–Crippen LogP) is 1.46. The van der Waals surface area contributed by atoms with Gasteiger partial charge in [-0.25, -0.2) is 0 Å². The molecule has 1 aromatic carbocycles. The van der Waals surface area contributed by atoms with Crippen molar-refractivity contribution < 1.29 is 14.9 Å². The lowest BCUT2D eigenvalue weighted by Crippen LogP contribution is -2.48. The Morgan fingerprint density at radius 3 is 2.52 bits per heavy atom. The van der Waals surface area contributed by atoms with Crippen LogP contribution in [0.5, 0.6) is 11.5 Å². The van der Waals surface area contributed by atoms with Crippen LogP contribution in [0.3, 0.4) is 0 Å². The van der Waals surface area contributed by atoms with Gasteiger partial charge in [-0.2, -0.15) is 0 Å². The third kappa shape index (κ3) is 3.87. The molecule has 0 bridgehead atoms. The molecule has 2 N–H and O–H groups in total. The van der Waals surface area contributed by atoms with E-state index in [1.807, 2.05) is 12.1 Å². The number of nitrogens with zero attached hydrogens (tertiary/aromatic N) is 2. The van der Waals surface area contributed by atoms with Crippen LogP contribution < -0.4 is 4.74 Å². The van der Waals surface area contributed by atoms with Crippen LogP contribution in [0.4, 0.5) is 0 Å². The average Bonchev–Trinajstić information content (AvgIpc) is 2.51. The highest BCUT2D eigenvalue weighted by Crippen LogP contribution is 2.31. The highest BCUT2D eigenvalue weighted by Gasteiger charge is 2.24. The largest absolute Gasteiger partial charge is 0.504 e. The number of phenolic OH excluding ortho intramolecular Hbond substituents is 1. The van der Waals surface area contributed by atoms with Crippen LogP contribution in [0.15, 0.2) is 18.2 Å². The van der Waals surface area contributed by atoms with Crippen molar-refractivity contribution >= 4 is 0 Å². The molecule has 0 aromatic heterocycles. The van der Waals surface area contributed by atoms with E-state index in [9.17, 15) is 10.2 Å². The highest BCUT2D eigenvalue weighted by atomic mass is 16.5. The Morgan fingerprint density at radius 1 is 1.24 bits per heavy atom. The van der Waals surface area contributed by atoms with Crippen molar-refractivity contribution in [2.75, 3.05) is 46.4 Å². The molecule has 1 atom stereocenters. The second-order valence-corrected chi connectivity index (χ2v) is 5.51. The van der Waals surface area contributed by atoms with Crippen LogP contribution >= 0.6 is 0 Å². The Morgan fingerprint density at radius 2 is 1.95 bits per heavy atom. The molecule has 0 aliphatic carbocycles. The topological polar surface area (TPSA) is 56.2 Å². The third-order valence-corrected chi connectivity index (χ3v) is 4.15. The summed E-state index contributed by atoms with van der Waals surface area (Å²) >= 11 is 0. The molecule has 0 spiro atoms. The predicted molar refractivity (Wildman–Crippen MR) is 82.8 cm³/mol. The first-order valence-electron chi connectivity index (χ1n) is 7.63. The Hall–Kier alpha value is -1.30. The van der Waals surface area contributed by atoms with Gasteiger partial charge in [0.1, 0.15) is 0 Å². The number of piperazine rings is 1. The van der Waals surface area contributed by atoms with E-state index in [0.29, 0.717) is 5.75 Å². The summed E-state index contributed by atoms with van der Waals surface area (Å²) in [7, 11) is 1.54. The molecule has 1 unspecified atom stereocenters. The summed E-state index contributed by atoms with van der Waals surface area (Å²) in [4.78, 5) is 4.76. The Balaban J connectivity index is 2.06. The quantitative estimate of drug-likeness (QED) is 0.832. The van der Waals surface area contributed by atoms with Gasteiger partial charge >= 0.3 is 0 Å². The zero-order valence-electron chi connectivity index (χ0n) is 13.0. The Bertz CT molecular complexity index is 445. The van der Waals surface area contributed by atoms with Crippen LogP contribution in [-0.4, -0.2) is 66.5 Å². The van der Waals surface area contributed by atoms with E-state index in [-0.39, 0.29) is 18.4 Å². The fourth-order valence-electron chi connectivity index (χ4n) is 2.95. The number of methoxy groups -OCH3 is 1. The monoisotopic (exact) mass is 294 g/mol. The fraction of sp³-hybridized carbons (Fsp3) is 0.625. The maximum Gasteiger partial charge on any atom is 0.160 e. The maximum absolute atomic E-state index is 9.78. The van der Waals surface area contributed by atoms with Crippen molar-refractivity contribution in [3.05, 3.63) is 23.8 Å². The Labute approximate surface area is 126 Å². The van der Waals surface area contributed by atoms with E-state index < -0.39 is 0 Å². The first-order chi connectivity index (χ1) is 10.2. The van der Waals surface area contributed by atoms with E-state index in [0.717, 1.165) is 38.3 Å². The molecule has 0 amide bonds. The molecule has 0 saturated carbocycles. The minimum absolute atomic E-state index is 0.0386. The summed E-state index contributed by atoms with van der Waals surface area (Å²) in [5.74, 6) is 0.585. The van der Waals surface area contributed by atoms with Crippen molar-refractivity contribution in [2.45, 2.75) is 19.4 Å². The molecule has 2 rings (SSSR count). The first-order valence-corrected chi connectivity index (χ1v) is 7.63. The third-order valence-electron chi connectivity index (χ3n) is 4.15. The summed E-state index contributed by atoms with van der Waals surface area (Å²) in [5.41, 5.74) is 0.982. The molecule has 5 heteroatoms. The number of hydrogen-bond donors (Lipinski definition) is 2. The van der Waals surface area contributed by atoms with E-state index in [4.69, 9.17) is 4.74 Å². The maximum atomic E-state index is 9.78. The lowest BCUT2D eigenvalue weighted by atomic mass is 10.0. The lowest BCUT2D eigenvalue weighted by molar-refractivity contribution is 0.0650. The molecule has 1 aliphatic heterocycles. The number of benzene rings is 1. The molecule has 1 saturated heterocycles. The number of phenols is 1. The normalized spacial score (nSPS) is 18.6. The molecular formula is C16H26N2O3. The van der Waals surface area contributed by atoms with Gasteiger partial charge in [-0.15, -0.1) is 0 Å². The van der Waals surface area contributed by atoms with Gasteiger partial charge in [0.2, 0.25) is 0 Å². The zero-order valence-corrected chi connectivity index (χ0v) is 13.0. The minimum atomic E-state index is -0.0386. The van der Waals surface area contributed by atoms with Crippen LogP contribution in [0.25, 0.3) is 0 Å². The molecule has 1 aromatic rings. The Kier molecular flexibility index (Phi) is 5.85. The van der Waals surface area contributed by atoms with Gasteiger partial charge in [-0.3, -0.25) is 4.90 Å². The van der Waals surface area contributed by atoms with Crippen LogP contribution in [0, 0.1) is 0 Å². The molecular weight excluding hydrogens is 268 g/mol. The lowest BCUT2D eigenvalue weighted by Gasteiger charge is -2.38. The molecule has 21 heavy (non-hydrogen) atoms. The van der Waals surface area contributed by atoms with Gasteiger partial charge < -0.3 is 19.8 Å². The molecule has 1 heterocycles. The molecule has 118 valence electrons. The average molecular weight is 294 g/mol. The van der Waals surface area contributed by atoms with Crippen molar-refractivity contribution in [1.29, 1.82) is 0 Å². The van der Waals surface area contributed by atoms with Gasteiger partial charge in [-0.1, -0.05) is 13.0 Å². The van der Waals surface area contributed by atoms with E-state index in [2.05, 4.69) is 16.7 Å². The van der Waals surface area contributed by atoms with Gasteiger partial charge in [0.15, 0.2) is 11.5 Å². The van der Waals surface area contributed by atoms with Crippen LogP contribution in [-0.2, 0) is 0 Å². The van der Waals surface area contributed by atoms with Crippen LogP contribution in [0.1, 0.15) is 24.9 Å². The standard InChI is InChI=1S/C16H26N2O3/c1-3-6-17-7-9-18(10-8-17)14(12-19)13-4-5-15(20)16(11-13)21-2/h4-5,11,14,19-20H,3,6-10,12H2,1-2H3. The number of rotatable bonds is 6. The number of aliphatic hydroxyl groups is 1. The minimum Gasteiger partial charge on any atom is -0.504 e. The van der Waals surface area contributed by atoms with E-state index in [1.54, 1.807) is 6.07 Å². The molecule has 1 fully saturated rings. The first kappa shape index (κ1) is 16.1. The number of hydrogen-bond acceptors (Lipinski definition) is 5. The molecule has 5 nitrogen and oxygen atoms in total. The van der Waals surface area contributed by atoms with Gasteiger partial charge in [0, 0.05) is 26.2 Å². The summed E-state index contributed by atoms with van der Waals surface area (Å²) in [6.45, 7) is 7.40. The highest BCUT2D eigenvalue weighted by molar-refractivity contribution is 5.42. The summed E-state index contributed by atoms with van der Waals surface area (Å²) in [5, 5.41) is 19.5. The zero-order chi connectivity index (χ0) is 15.2. The second-order valence-electron chi connectivity index (χ2n) is 5.51. The van der Waals surface area contributed by atoms with Gasteiger partial charge in [0.05, 0.1) is 19.8 Å². The van der Waals surface area contributed by atoms with Gasteiger partial charge in [0.25, 0.3) is 0 Å². The van der Waals surface area contributed by atoms with E-state index in [1.165, 1.54) is 13.5 Å². The second kappa shape index (κ2) is 7.64. The number of aromatic hydroxyl groups is 1.